The average molecular weight is 393 g/mol. The van der Waals surface area contributed by atoms with Crippen LogP contribution in [-0.4, -0.2) is 23.9 Å². The van der Waals surface area contributed by atoms with Crippen molar-refractivity contribution in [3.63, 3.8) is 0 Å². The number of carbonyl (C=O) groups is 2. The summed E-state index contributed by atoms with van der Waals surface area (Å²) < 4.78 is 10.6. The Kier molecular flexibility index (Phi) is 5.68. The van der Waals surface area contributed by atoms with E-state index < -0.39 is 11.8 Å². The number of aromatic nitrogens is 1. The quantitative estimate of drug-likeness (QED) is 0.647. The van der Waals surface area contributed by atoms with E-state index in [-0.39, 0.29) is 5.41 Å². The van der Waals surface area contributed by atoms with Crippen LogP contribution in [0.25, 0.3) is 11.3 Å². The number of rotatable bonds is 4. The Morgan fingerprint density at radius 1 is 1.00 bits per heavy atom. The van der Waals surface area contributed by atoms with Gasteiger partial charge in [-0.25, -0.2) is 4.98 Å². The molecule has 3 aromatic rings. The summed E-state index contributed by atoms with van der Waals surface area (Å²) in [7, 11) is 1.51. The Labute approximate surface area is 169 Å². The van der Waals surface area contributed by atoms with Crippen molar-refractivity contribution in [3.8, 4) is 17.1 Å². The number of nitrogens with one attached hydrogen (secondary N) is 2. The molecule has 0 saturated heterocycles. The molecule has 29 heavy (non-hydrogen) atoms. The van der Waals surface area contributed by atoms with E-state index in [0.717, 1.165) is 5.56 Å². The van der Waals surface area contributed by atoms with Crippen molar-refractivity contribution in [2.75, 3.05) is 17.7 Å². The SMILES string of the molecule is COc1cc(NC(=O)C(=O)Nc2cccc(C(C)(C)C)c2)ccc1-c1cnco1. The zero-order valence-electron chi connectivity index (χ0n) is 16.8. The van der Waals surface area contributed by atoms with Gasteiger partial charge >= 0.3 is 11.8 Å². The van der Waals surface area contributed by atoms with Gasteiger partial charge in [-0.05, 0) is 35.2 Å². The van der Waals surface area contributed by atoms with Crippen molar-refractivity contribution >= 4 is 23.2 Å². The third-order valence-corrected chi connectivity index (χ3v) is 4.35. The first-order chi connectivity index (χ1) is 13.8. The van der Waals surface area contributed by atoms with E-state index in [9.17, 15) is 9.59 Å². The van der Waals surface area contributed by atoms with Crippen molar-refractivity contribution in [1.29, 1.82) is 0 Å². The molecule has 0 fully saturated rings. The molecular weight excluding hydrogens is 370 g/mol. The molecule has 0 radical (unpaired) electrons. The van der Waals surface area contributed by atoms with Crippen LogP contribution in [0.4, 0.5) is 11.4 Å². The third kappa shape index (κ3) is 4.82. The highest BCUT2D eigenvalue weighted by Crippen LogP contribution is 2.32. The molecule has 0 bridgehead atoms. The molecule has 2 aromatic carbocycles. The predicted octanol–water partition coefficient (Wildman–Crippen LogP) is 4.22. The van der Waals surface area contributed by atoms with E-state index >= 15 is 0 Å². The molecule has 150 valence electrons. The van der Waals surface area contributed by atoms with Gasteiger partial charge in [0.15, 0.2) is 12.2 Å². The fraction of sp³-hybridized carbons (Fsp3) is 0.227. The average Bonchev–Trinajstić information content (AvgIpc) is 3.22. The molecule has 0 spiro atoms. The van der Waals surface area contributed by atoms with Crippen LogP contribution in [0.5, 0.6) is 5.75 Å². The zero-order chi connectivity index (χ0) is 21.0. The number of hydrogen-bond acceptors (Lipinski definition) is 5. The molecular formula is C22H23N3O4. The lowest BCUT2D eigenvalue weighted by atomic mass is 9.87. The van der Waals surface area contributed by atoms with Crippen LogP contribution in [0.1, 0.15) is 26.3 Å². The molecule has 0 aliphatic heterocycles. The first-order valence-corrected chi connectivity index (χ1v) is 9.07. The molecule has 2 amide bonds. The summed E-state index contributed by atoms with van der Waals surface area (Å²) in [5.74, 6) is -0.510. The molecule has 1 aromatic heterocycles. The van der Waals surface area contributed by atoms with Gasteiger partial charge in [0.25, 0.3) is 0 Å². The minimum absolute atomic E-state index is 0.0647. The number of benzene rings is 2. The van der Waals surface area contributed by atoms with Gasteiger partial charge in [0, 0.05) is 17.4 Å². The van der Waals surface area contributed by atoms with Crippen LogP contribution in [0.15, 0.2) is 59.5 Å². The number of nitrogens with zero attached hydrogens (tertiary/aromatic N) is 1. The van der Waals surface area contributed by atoms with Crippen LogP contribution in [-0.2, 0) is 15.0 Å². The fourth-order valence-electron chi connectivity index (χ4n) is 2.76. The zero-order valence-corrected chi connectivity index (χ0v) is 16.8. The maximum absolute atomic E-state index is 12.3. The smallest absolute Gasteiger partial charge is 0.314 e. The number of oxazole rings is 1. The van der Waals surface area contributed by atoms with E-state index in [2.05, 4.69) is 36.4 Å². The van der Waals surface area contributed by atoms with Crippen molar-refractivity contribution in [3.05, 3.63) is 60.6 Å². The summed E-state index contributed by atoms with van der Waals surface area (Å²) in [6.07, 6.45) is 2.89. The summed E-state index contributed by atoms with van der Waals surface area (Å²) in [5, 5.41) is 5.21. The van der Waals surface area contributed by atoms with Gasteiger partial charge in [-0.1, -0.05) is 32.9 Å². The van der Waals surface area contributed by atoms with Gasteiger partial charge in [0.05, 0.1) is 18.9 Å². The Morgan fingerprint density at radius 3 is 2.28 bits per heavy atom. The van der Waals surface area contributed by atoms with Gasteiger partial charge in [-0.3, -0.25) is 9.59 Å². The maximum Gasteiger partial charge on any atom is 0.314 e. The lowest BCUT2D eigenvalue weighted by molar-refractivity contribution is -0.133. The van der Waals surface area contributed by atoms with Crippen molar-refractivity contribution in [2.24, 2.45) is 0 Å². The van der Waals surface area contributed by atoms with E-state index in [4.69, 9.17) is 9.15 Å². The largest absolute Gasteiger partial charge is 0.496 e. The molecule has 7 nitrogen and oxygen atoms in total. The summed E-state index contributed by atoms with van der Waals surface area (Å²) >= 11 is 0. The van der Waals surface area contributed by atoms with E-state index in [1.165, 1.54) is 13.5 Å². The number of amides is 2. The van der Waals surface area contributed by atoms with Gasteiger partial charge in [0.1, 0.15) is 5.75 Å². The molecule has 0 atom stereocenters. The maximum atomic E-state index is 12.3. The van der Waals surface area contributed by atoms with Gasteiger partial charge in [0.2, 0.25) is 0 Å². The highest BCUT2D eigenvalue weighted by atomic mass is 16.5. The van der Waals surface area contributed by atoms with Gasteiger partial charge in [-0.2, -0.15) is 0 Å². The number of ether oxygens (including phenoxy) is 1. The van der Waals surface area contributed by atoms with Crippen LogP contribution in [0, 0.1) is 0 Å². The number of carbonyl (C=O) groups excluding carboxylic acids is 2. The van der Waals surface area contributed by atoms with E-state index in [0.29, 0.717) is 28.4 Å². The van der Waals surface area contributed by atoms with Crippen LogP contribution in [0.2, 0.25) is 0 Å². The third-order valence-electron chi connectivity index (χ3n) is 4.35. The van der Waals surface area contributed by atoms with E-state index in [1.807, 2.05) is 18.2 Å². The van der Waals surface area contributed by atoms with Crippen LogP contribution < -0.4 is 15.4 Å². The number of hydrogen-bond donors (Lipinski definition) is 2. The first kappa shape index (κ1) is 20.1. The Hall–Kier alpha value is -3.61. The molecule has 7 heteroatoms. The van der Waals surface area contributed by atoms with Crippen molar-refractivity contribution in [1.82, 2.24) is 4.98 Å². The van der Waals surface area contributed by atoms with Crippen molar-refractivity contribution < 1.29 is 18.7 Å². The summed E-state index contributed by atoms with van der Waals surface area (Å²) in [6.45, 7) is 6.24. The van der Waals surface area contributed by atoms with Crippen LogP contribution in [0.3, 0.4) is 0 Å². The standard InChI is InChI=1S/C22H23N3O4/c1-22(2,3)14-6-5-7-15(10-14)24-20(26)21(27)25-16-8-9-17(18(11-16)28-4)19-12-23-13-29-19/h5-13H,1-4H3,(H,24,26)(H,25,27). The topological polar surface area (TPSA) is 93.5 Å². The summed E-state index contributed by atoms with van der Waals surface area (Å²) in [5.41, 5.74) is 2.67. The van der Waals surface area contributed by atoms with Crippen molar-refractivity contribution in [2.45, 2.75) is 26.2 Å². The Morgan fingerprint density at radius 2 is 1.69 bits per heavy atom. The summed E-state index contributed by atoms with van der Waals surface area (Å²) in [4.78, 5) is 28.5. The first-order valence-electron chi connectivity index (χ1n) is 9.07. The van der Waals surface area contributed by atoms with Gasteiger partial charge in [-0.15, -0.1) is 0 Å². The molecule has 0 aliphatic rings. The monoisotopic (exact) mass is 393 g/mol. The van der Waals surface area contributed by atoms with E-state index in [1.54, 1.807) is 30.5 Å². The highest BCUT2D eigenvalue weighted by Gasteiger charge is 2.18. The van der Waals surface area contributed by atoms with Crippen LogP contribution >= 0.6 is 0 Å². The minimum atomic E-state index is -0.777. The van der Waals surface area contributed by atoms with Gasteiger partial charge < -0.3 is 19.8 Å². The molecule has 0 unspecified atom stereocenters. The Bertz CT molecular complexity index is 1020. The fourth-order valence-corrected chi connectivity index (χ4v) is 2.76. The second kappa shape index (κ2) is 8.18. The molecule has 1 heterocycles. The summed E-state index contributed by atoms with van der Waals surface area (Å²) in [6, 6.07) is 12.4. The molecule has 0 aliphatic carbocycles. The highest BCUT2D eigenvalue weighted by molar-refractivity contribution is 6.43. The minimum Gasteiger partial charge on any atom is -0.496 e. The molecule has 3 rings (SSSR count). The number of methoxy groups -OCH3 is 1. The number of anilines is 2. The lowest BCUT2D eigenvalue weighted by Gasteiger charge is -2.19. The molecule has 0 saturated carbocycles. The Balaban J connectivity index is 1.71. The normalized spacial score (nSPS) is 11.0. The molecule has 2 N–H and O–H groups in total. The lowest BCUT2D eigenvalue weighted by Crippen LogP contribution is -2.29. The second-order valence-electron chi connectivity index (χ2n) is 7.52. The predicted molar refractivity (Wildman–Crippen MR) is 111 cm³/mol. The second-order valence-corrected chi connectivity index (χ2v) is 7.52.